The van der Waals surface area contributed by atoms with Crippen LogP contribution < -0.4 is 0 Å². The summed E-state index contributed by atoms with van der Waals surface area (Å²) in [6.45, 7) is 0. The number of hydrogen-bond donors (Lipinski definition) is 0. The van der Waals surface area contributed by atoms with Crippen molar-refractivity contribution in [2.45, 2.75) is 0 Å². The Morgan fingerprint density at radius 1 is 1.55 bits per heavy atom. The van der Waals surface area contributed by atoms with Crippen LogP contribution in [0, 0.1) is 0 Å². The van der Waals surface area contributed by atoms with Crippen molar-refractivity contribution in [3.05, 3.63) is 28.1 Å². The minimum atomic E-state index is 0.569. The van der Waals surface area contributed by atoms with E-state index in [0.717, 1.165) is 5.65 Å². The first kappa shape index (κ1) is 7.06. The quantitative estimate of drug-likeness (QED) is 0.697. The summed E-state index contributed by atoms with van der Waals surface area (Å²) in [5.41, 5.74) is 0.740. The molecule has 0 amide bonds. The molecule has 0 bridgehead atoms. The number of nitrogens with zero attached hydrogens (tertiary/aromatic N) is 3. The van der Waals surface area contributed by atoms with E-state index in [-0.39, 0.29) is 0 Å². The van der Waals surface area contributed by atoms with Gasteiger partial charge in [0.05, 0.1) is 0 Å². The molecule has 0 saturated heterocycles. The van der Waals surface area contributed by atoms with Crippen molar-refractivity contribution < 1.29 is 0 Å². The van der Waals surface area contributed by atoms with Crippen LogP contribution in [0.25, 0.3) is 5.65 Å². The number of fused-ring (bicyclic) bond motifs is 1. The SMILES string of the molecule is Clc1ccn2nc(Br)nc2c1. The van der Waals surface area contributed by atoms with Crippen LogP contribution >= 0.6 is 27.5 Å². The Hall–Kier alpha value is -0.610. The Morgan fingerprint density at radius 3 is 3.18 bits per heavy atom. The first-order valence-electron chi connectivity index (χ1n) is 2.93. The molecule has 0 aliphatic heterocycles. The number of pyridine rings is 1. The van der Waals surface area contributed by atoms with E-state index in [2.05, 4.69) is 26.0 Å². The standard InChI is InChI=1S/C6H3BrClN3/c7-6-9-5-3-4(8)1-2-11(5)10-6/h1-3H. The number of hydrogen-bond acceptors (Lipinski definition) is 2. The first-order valence-corrected chi connectivity index (χ1v) is 4.10. The molecule has 0 unspecified atom stereocenters. The summed E-state index contributed by atoms with van der Waals surface area (Å²) in [6.07, 6.45) is 1.76. The molecule has 56 valence electrons. The van der Waals surface area contributed by atoms with E-state index >= 15 is 0 Å². The summed E-state index contributed by atoms with van der Waals surface area (Å²) in [6, 6.07) is 3.51. The van der Waals surface area contributed by atoms with Crippen molar-refractivity contribution in [2.24, 2.45) is 0 Å². The van der Waals surface area contributed by atoms with E-state index in [9.17, 15) is 0 Å². The largest absolute Gasteiger partial charge is 0.220 e. The Balaban J connectivity index is 2.82. The van der Waals surface area contributed by atoms with E-state index in [4.69, 9.17) is 11.6 Å². The molecule has 2 rings (SSSR count). The maximum atomic E-state index is 5.73. The van der Waals surface area contributed by atoms with Crippen LogP contribution in [0.15, 0.2) is 23.1 Å². The maximum absolute atomic E-state index is 5.73. The molecule has 0 aromatic carbocycles. The van der Waals surface area contributed by atoms with Gasteiger partial charge in [-0.2, -0.15) is 0 Å². The van der Waals surface area contributed by atoms with E-state index in [1.54, 1.807) is 22.8 Å². The molecule has 2 aromatic rings. The fourth-order valence-electron chi connectivity index (χ4n) is 0.830. The Bertz CT molecular complexity index is 398. The Labute approximate surface area is 76.1 Å². The van der Waals surface area contributed by atoms with Crippen LogP contribution in [0.1, 0.15) is 0 Å². The van der Waals surface area contributed by atoms with Gasteiger partial charge in [0.25, 0.3) is 0 Å². The van der Waals surface area contributed by atoms with Crippen molar-refractivity contribution in [1.82, 2.24) is 14.6 Å². The average molecular weight is 232 g/mol. The molecule has 0 N–H and O–H groups in total. The van der Waals surface area contributed by atoms with Gasteiger partial charge >= 0.3 is 0 Å². The van der Waals surface area contributed by atoms with E-state index < -0.39 is 0 Å². The summed E-state index contributed by atoms with van der Waals surface area (Å²) >= 11 is 8.89. The van der Waals surface area contributed by atoms with Crippen LogP contribution in [0.5, 0.6) is 0 Å². The van der Waals surface area contributed by atoms with Crippen LogP contribution in [0.3, 0.4) is 0 Å². The molecular weight excluding hydrogens is 229 g/mol. The second-order valence-corrected chi connectivity index (χ2v) is 3.17. The lowest BCUT2D eigenvalue weighted by Gasteiger charge is -1.89. The number of halogens is 2. The fraction of sp³-hybridized carbons (Fsp3) is 0. The van der Waals surface area contributed by atoms with Crippen LogP contribution in [-0.2, 0) is 0 Å². The summed E-state index contributed by atoms with van der Waals surface area (Å²) < 4.78 is 2.22. The third-order valence-electron chi connectivity index (χ3n) is 1.27. The molecule has 0 saturated carbocycles. The number of rotatable bonds is 0. The van der Waals surface area contributed by atoms with Crippen LogP contribution in [-0.4, -0.2) is 14.6 Å². The summed E-state index contributed by atoms with van der Waals surface area (Å²) in [7, 11) is 0. The highest BCUT2D eigenvalue weighted by molar-refractivity contribution is 9.10. The molecule has 0 radical (unpaired) electrons. The molecule has 2 heterocycles. The molecule has 0 aliphatic rings. The zero-order chi connectivity index (χ0) is 7.84. The molecule has 5 heteroatoms. The summed E-state index contributed by atoms with van der Waals surface area (Å²) in [5, 5.41) is 4.68. The van der Waals surface area contributed by atoms with Crippen molar-refractivity contribution in [3.8, 4) is 0 Å². The lowest BCUT2D eigenvalue weighted by Crippen LogP contribution is -1.84. The van der Waals surface area contributed by atoms with Gasteiger partial charge in [-0.15, -0.1) is 5.10 Å². The molecule has 0 spiro atoms. The Morgan fingerprint density at radius 2 is 2.36 bits per heavy atom. The number of aromatic nitrogens is 3. The fourth-order valence-corrected chi connectivity index (χ4v) is 1.34. The second kappa shape index (κ2) is 2.46. The zero-order valence-electron chi connectivity index (χ0n) is 5.33. The zero-order valence-corrected chi connectivity index (χ0v) is 7.67. The van der Waals surface area contributed by atoms with Gasteiger partial charge in [-0.25, -0.2) is 9.50 Å². The van der Waals surface area contributed by atoms with Crippen molar-refractivity contribution in [3.63, 3.8) is 0 Å². The van der Waals surface area contributed by atoms with Gasteiger partial charge in [0.1, 0.15) is 0 Å². The van der Waals surface area contributed by atoms with Crippen molar-refractivity contribution in [2.75, 3.05) is 0 Å². The molecule has 11 heavy (non-hydrogen) atoms. The van der Waals surface area contributed by atoms with Gasteiger partial charge in [-0.3, -0.25) is 0 Å². The van der Waals surface area contributed by atoms with Crippen molar-refractivity contribution >= 4 is 33.2 Å². The highest BCUT2D eigenvalue weighted by Gasteiger charge is 1.98. The average Bonchev–Trinajstić information content (AvgIpc) is 2.27. The molecule has 0 aliphatic carbocycles. The minimum Gasteiger partial charge on any atom is -0.220 e. The predicted molar refractivity (Wildman–Crippen MR) is 45.7 cm³/mol. The van der Waals surface area contributed by atoms with Gasteiger partial charge in [0.2, 0.25) is 4.73 Å². The van der Waals surface area contributed by atoms with E-state index in [1.807, 2.05) is 0 Å². The predicted octanol–water partition coefficient (Wildman–Crippen LogP) is 2.15. The first-order chi connectivity index (χ1) is 5.25. The molecule has 0 atom stereocenters. The molecule has 0 fully saturated rings. The van der Waals surface area contributed by atoms with Gasteiger partial charge in [0, 0.05) is 17.3 Å². The van der Waals surface area contributed by atoms with Gasteiger partial charge in [-0.1, -0.05) is 11.6 Å². The minimum absolute atomic E-state index is 0.569. The van der Waals surface area contributed by atoms with Gasteiger partial charge < -0.3 is 0 Å². The van der Waals surface area contributed by atoms with E-state index in [0.29, 0.717) is 9.76 Å². The molecule has 3 nitrogen and oxygen atoms in total. The van der Waals surface area contributed by atoms with Crippen LogP contribution in [0.4, 0.5) is 0 Å². The topological polar surface area (TPSA) is 30.2 Å². The monoisotopic (exact) mass is 231 g/mol. The Kier molecular flexibility index (Phi) is 1.58. The maximum Gasteiger partial charge on any atom is 0.218 e. The summed E-state index contributed by atoms with van der Waals surface area (Å²) in [4.78, 5) is 4.06. The van der Waals surface area contributed by atoms with Crippen molar-refractivity contribution in [1.29, 1.82) is 0 Å². The normalized spacial score (nSPS) is 10.7. The van der Waals surface area contributed by atoms with Gasteiger partial charge in [0.15, 0.2) is 5.65 Å². The van der Waals surface area contributed by atoms with Gasteiger partial charge in [-0.05, 0) is 22.0 Å². The highest BCUT2D eigenvalue weighted by atomic mass is 79.9. The second-order valence-electron chi connectivity index (χ2n) is 2.03. The highest BCUT2D eigenvalue weighted by Crippen LogP contribution is 2.12. The lowest BCUT2D eigenvalue weighted by molar-refractivity contribution is 0.946. The summed E-state index contributed by atoms with van der Waals surface area (Å²) in [5.74, 6) is 0. The molecule has 2 aromatic heterocycles. The lowest BCUT2D eigenvalue weighted by atomic mass is 10.5. The third kappa shape index (κ3) is 1.23. The van der Waals surface area contributed by atoms with E-state index in [1.165, 1.54) is 0 Å². The smallest absolute Gasteiger partial charge is 0.218 e. The van der Waals surface area contributed by atoms with Crippen LogP contribution in [0.2, 0.25) is 5.02 Å². The molecular formula is C6H3BrClN3. The third-order valence-corrected chi connectivity index (χ3v) is 1.84.